The maximum absolute atomic E-state index is 14.3. The van der Waals surface area contributed by atoms with Crippen molar-refractivity contribution >= 4 is 23.4 Å². The highest BCUT2D eigenvalue weighted by Crippen LogP contribution is 2.43. The number of aliphatic hydroxyl groups excluding tert-OH is 2. The summed E-state index contributed by atoms with van der Waals surface area (Å²) in [6, 6.07) is -0.286. The van der Waals surface area contributed by atoms with Crippen LogP contribution in [0.2, 0.25) is 0 Å². The van der Waals surface area contributed by atoms with Crippen LogP contribution in [0.15, 0.2) is 0 Å². The zero-order valence-corrected chi connectivity index (χ0v) is 34.7. The summed E-state index contributed by atoms with van der Waals surface area (Å²) in [6.07, 6.45) is -8.53. The Hall–Kier alpha value is -1.24. The van der Waals surface area contributed by atoms with Crippen molar-refractivity contribution in [3.05, 3.63) is 0 Å². The summed E-state index contributed by atoms with van der Waals surface area (Å²) >= 11 is 5.42. The predicted molar refractivity (Wildman–Crippen MR) is 198 cm³/mol. The summed E-state index contributed by atoms with van der Waals surface area (Å²) in [7, 11) is 5.27. The summed E-state index contributed by atoms with van der Waals surface area (Å²) in [5.74, 6) is -3.23. The molecule has 2 bridgehead atoms. The summed E-state index contributed by atoms with van der Waals surface area (Å²) in [4.78, 5) is 16.2. The highest BCUT2D eigenvalue weighted by molar-refractivity contribution is 7.79. The molecular formula is C38H67NO13S. The first-order valence-corrected chi connectivity index (χ1v) is 19.6. The van der Waals surface area contributed by atoms with Gasteiger partial charge in [-0.05, 0) is 80.8 Å². The van der Waals surface area contributed by atoms with Crippen LogP contribution in [0.4, 0.5) is 0 Å². The average molecular weight is 778 g/mol. The third-order valence-electron chi connectivity index (χ3n) is 12.4. The molecule has 0 spiro atoms. The Balaban J connectivity index is 1.84. The molecule has 4 N–H and O–H groups in total. The number of nitrogens with zero attached hydrogens (tertiary/aromatic N) is 1. The van der Waals surface area contributed by atoms with Crippen LogP contribution in [-0.2, 0) is 42.7 Å². The van der Waals surface area contributed by atoms with Crippen LogP contribution in [0.25, 0.3) is 0 Å². The van der Waals surface area contributed by atoms with Crippen molar-refractivity contribution in [1.29, 1.82) is 0 Å². The molecule has 19 atom stereocenters. The Morgan fingerprint density at radius 1 is 0.925 bits per heavy atom. The van der Waals surface area contributed by atoms with Crippen molar-refractivity contribution in [2.75, 3.05) is 21.2 Å². The molecule has 0 aromatic carbocycles. The third-order valence-corrected chi connectivity index (χ3v) is 12.6. The summed E-state index contributed by atoms with van der Waals surface area (Å²) < 4.78 is 49.8. The smallest absolute Gasteiger partial charge is 0.352 e. The van der Waals surface area contributed by atoms with E-state index in [1.807, 2.05) is 53.6 Å². The number of carbonyl (C=O) groups excluding carboxylic acids is 1. The molecule has 4 aliphatic heterocycles. The molecule has 0 saturated carbocycles. The molecule has 4 saturated heterocycles. The molecular weight excluding hydrogens is 710 g/mol. The molecule has 4 heterocycles. The maximum atomic E-state index is 14.3. The number of hydrogen-bond donors (Lipinski definition) is 4. The van der Waals surface area contributed by atoms with Gasteiger partial charge in [0.1, 0.15) is 36.1 Å². The standard InChI is InChI=1S/C38H67NO13S/c1-14-25-38(10,44)32-20(4)28(50-35(53)52-32)18(2)16-36(8,43)31(51-34-27(40)24(39(11)12)15-19(3)46-34)21(5)29(22(6)33(42)48-25)49-26-17-37(9,45-13)30(41)23(7)47-26/h18-32,34,40-41,43-44H,14-17H2,1-13H3/t18-,19-,20+,21+,22-,23+,24+,25-,26+,27-,28-,29+,30+,31-,32-,34+,36+,37-,38-/m1/s1. The number of fused-ring (bicyclic) bond motifs is 2. The Morgan fingerprint density at radius 3 is 2.15 bits per heavy atom. The minimum absolute atomic E-state index is 0.123. The number of esters is 1. The van der Waals surface area contributed by atoms with E-state index >= 15 is 0 Å². The molecule has 0 aromatic heterocycles. The van der Waals surface area contributed by atoms with Gasteiger partial charge in [0.25, 0.3) is 0 Å². The van der Waals surface area contributed by atoms with Crippen LogP contribution in [0, 0.1) is 23.7 Å². The van der Waals surface area contributed by atoms with Gasteiger partial charge in [-0.2, -0.15) is 0 Å². The number of carbonyl (C=O) groups is 1. The molecule has 15 heteroatoms. The van der Waals surface area contributed by atoms with E-state index in [1.165, 1.54) is 7.11 Å². The summed E-state index contributed by atoms with van der Waals surface area (Å²) in [6.45, 7) is 17.7. The largest absolute Gasteiger partial charge is 0.459 e. The molecule has 0 amide bonds. The number of hydrogen-bond acceptors (Lipinski definition) is 15. The van der Waals surface area contributed by atoms with Crippen LogP contribution >= 0.6 is 12.2 Å². The van der Waals surface area contributed by atoms with Crippen molar-refractivity contribution in [1.82, 2.24) is 4.90 Å². The molecule has 4 rings (SSSR count). The SMILES string of the molecule is CC[C@H]1OC(=O)[C@H](C)[C@@H](O[C@H]2C[C@@](C)(OC)[C@@H](O)[C@H](C)O2)[C@H](C)[C@@H](O[C@@H]2O[C@H](C)C[C@H](N(C)C)[C@H]2O)[C@@](C)(O)C[C@@H](C)[C@H]2OC(=S)O[C@H]([C@H]2C)[C@]1(C)O. The van der Waals surface area contributed by atoms with E-state index in [4.69, 9.17) is 50.1 Å². The highest BCUT2D eigenvalue weighted by Gasteiger charge is 2.56. The first kappa shape index (κ1) is 44.5. The van der Waals surface area contributed by atoms with E-state index in [0.29, 0.717) is 6.42 Å². The van der Waals surface area contributed by atoms with Gasteiger partial charge in [-0.3, -0.25) is 4.79 Å². The van der Waals surface area contributed by atoms with Crippen LogP contribution in [-0.4, -0.2) is 148 Å². The van der Waals surface area contributed by atoms with Gasteiger partial charge in [-0.1, -0.05) is 27.7 Å². The van der Waals surface area contributed by atoms with Crippen molar-refractivity contribution in [3.63, 3.8) is 0 Å². The Labute approximate surface area is 321 Å². The first-order valence-electron chi connectivity index (χ1n) is 19.2. The molecule has 0 unspecified atom stereocenters. The second-order valence-electron chi connectivity index (χ2n) is 17.1. The number of methoxy groups -OCH3 is 1. The lowest BCUT2D eigenvalue weighted by Crippen LogP contribution is -2.63. The number of cyclic esters (lactones) is 1. The normalized spacial score (nSPS) is 50.5. The molecule has 308 valence electrons. The fourth-order valence-electron chi connectivity index (χ4n) is 9.26. The van der Waals surface area contributed by atoms with E-state index in [0.717, 1.165) is 0 Å². The Kier molecular flexibility index (Phi) is 14.3. The molecule has 4 fully saturated rings. The van der Waals surface area contributed by atoms with Gasteiger partial charge in [0.15, 0.2) is 12.6 Å². The van der Waals surface area contributed by atoms with Crippen molar-refractivity contribution in [3.8, 4) is 0 Å². The number of likely N-dealkylation sites (N-methyl/N-ethyl adjacent to an activating group) is 1. The van der Waals surface area contributed by atoms with Gasteiger partial charge < -0.3 is 63.2 Å². The third kappa shape index (κ3) is 9.33. The fraction of sp³-hybridized carbons (Fsp3) is 0.947. The summed E-state index contributed by atoms with van der Waals surface area (Å²) in [5, 5.41) is 47.1. The second kappa shape index (κ2) is 17.1. The predicted octanol–water partition coefficient (Wildman–Crippen LogP) is 2.92. The summed E-state index contributed by atoms with van der Waals surface area (Å²) in [5.41, 5.74) is -4.34. The van der Waals surface area contributed by atoms with Crippen LogP contribution in [0.5, 0.6) is 0 Å². The minimum Gasteiger partial charge on any atom is -0.459 e. The van der Waals surface area contributed by atoms with Gasteiger partial charge in [0.2, 0.25) is 0 Å². The number of aliphatic hydroxyl groups is 4. The molecule has 53 heavy (non-hydrogen) atoms. The van der Waals surface area contributed by atoms with Gasteiger partial charge in [0, 0.05) is 43.6 Å². The minimum atomic E-state index is -1.68. The van der Waals surface area contributed by atoms with Crippen LogP contribution < -0.4 is 0 Å². The number of ether oxygens (including phenoxy) is 8. The van der Waals surface area contributed by atoms with E-state index in [2.05, 4.69) is 0 Å². The van der Waals surface area contributed by atoms with E-state index < -0.39 is 102 Å². The Morgan fingerprint density at radius 2 is 1.57 bits per heavy atom. The molecule has 0 aliphatic carbocycles. The van der Waals surface area contributed by atoms with E-state index in [9.17, 15) is 25.2 Å². The van der Waals surface area contributed by atoms with Gasteiger partial charge in [-0.15, -0.1) is 0 Å². The monoisotopic (exact) mass is 777 g/mol. The van der Waals surface area contributed by atoms with Crippen molar-refractivity contribution in [2.24, 2.45) is 23.7 Å². The topological polar surface area (TPSA) is 175 Å². The maximum Gasteiger partial charge on any atom is 0.352 e. The second-order valence-corrected chi connectivity index (χ2v) is 17.5. The molecule has 4 aliphatic rings. The molecule has 0 aromatic rings. The lowest BCUT2D eigenvalue weighted by Gasteiger charge is -2.50. The first-order chi connectivity index (χ1) is 24.5. The van der Waals surface area contributed by atoms with E-state index in [1.54, 1.807) is 34.6 Å². The average Bonchev–Trinajstić information content (AvgIpc) is 3.07. The quantitative estimate of drug-likeness (QED) is 0.219. The van der Waals surface area contributed by atoms with Gasteiger partial charge in [-0.25, -0.2) is 0 Å². The van der Waals surface area contributed by atoms with Crippen molar-refractivity contribution < 1.29 is 63.1 Å². The lowest BCUT2D eigenvalue weighted by molar-refractivity contribution is -0.318. The van der Waals surface area contributed by atoms with Gasteiger partial charge >= 0.3 is 11.2 Å². The lowest BCUT2D eigenvalue weighted by atomic mass is 9.73. The number of rotatable bonds is 7. The molecule has 14 nitrogen and oxygen atoms in total. The molecule has 0 radical (unpaired) electrons. The fourth-order valence-corrected chi connectivity index (χ4v) is 9.47. The number of thiocarbonyl (C=S) groups is 1. The Bertz CT molecular complexity index is 1250. The van der Waals surface area contributed by atoms with Crippen LogP contribution in [0.3, 0.4) is 0 Å². The van der Waals surface area contributed by atoms with Gasteiger partial charge in [0.05, 0.1) is 41.5 Å². The van der Waals surface area contributed by atoms with Crippen molar-refractivity contribution in [2.45, 2.75) is 185 Å². The van der Waals surface area contributed by atoms with E-state index in [-0.39, 0.29) is 42.6 Å². The highest BCUT2D eigenvalue weighted by atomic mass is 32.1. The van der Waals surface area contributed by atoms with Crippen LogP contribution in [0.1, 0.15) is 94.9 Å². The zero-order valence-electron chi connectivity index (χ0n) is 33.9. The zero-order chi connectivity index (χ0) is 40.0.